The van der Waals surface area contributed by atoms with Crippen LogP contribution >= 0.6 is 0 Å². The number of amides is 1. The molecule has 6 nitrogen and oxygen atoms in total. The Morgan fingerprint density at radius 2 is 0.547 bits per heavy atom. The van der Waals surface area contributed by atoms with Gasteiger partial charge in [0.15, 0.2) is 0 Å². The SMILES string of the molecule is CCCCCCCCCCCCCCCCC/C=C/C(O)C(CO)NC(=O)CCCCCCCCCCCCCCCCCCC/C=C\CCCCCCCCCCCCCCCCOC(=O)CCCCCCCCCCCCCCCCCCC. The summed E-state index contributed by atoms with van der Waals surface area (Å²) in [6.07, 6.45) is 97.3. The number of aliphatic hydroxyl groups is 2. The molecule has 0 spiro atoms. The molecule has 2 atom stereocenters. The first kappa shape index (κ1) is 84.3. The summed E-state index contributed by atoms with van der Waals surface area (Å²) in [5.41, 5.74) is 0. The van der Waals surface area contributed by atoms with Gasteiger partial charge in [0.25, 0.3) is 0 Å². The summed E-state index contributed by atoms with van der Waals surface area (Å²) in [4.78, 5) is 24.6. The average Bonchev–Trinajstić information content (AvgIpc) is 3.60. The van der Waals surface area contributed by atoms with E-state index in [0.717, 1.165) is 38.5 Å². The van der Waals surface area contributed by atoms with Crippen LogP contribution in [-0.2, 0) is 14.3 Å². The molecule has 86 heavy (non-hydrogen) atoms. The number of aliphatic hydroxyl groups excluding tert-OH is 2. The number of rotatable bonds is 75. The van der Waals surface area contributed by atoms with E-state index in [1.807, 2.05) is 6.08 Å². The minimum atomic E-state index is -0.842. The van der Waals surface area contributed by atoms with Gasteiger partial charge in [-0.1, -0.05) is 404 Å². The van der Waals surface area contributed by atoms with E-state index in [-0.39, 0.29) is 18.5 Å². The van der Waals surface area contributed by atoms with Crippen molar-refractivity contribution in [2.75, 3.05) is 13.2 Å². The van der Waals surface area contributed by atoms with Crippen molar-refractivity contribution in [2.45, 2.75) is 463 Å². The zero-order valence-corrected chi connectivity index (χ0v) is 58.6. The molecule has 0 aromatic rings. The lowest BCUT2D eigenvalue weighted by molar-refractivity contribution is -0.143. The van der Waals surface area contributed by atoms with E-state index in [2.05, 4.69) is 31.3 Å². The lowest BCUT2D eigenvalue weighted by Crippen LogP contribution is -2.45. The third-order valence-corrected chi connectivity index (χ3v) is 18.7. The van der Waals surface area contributed by atoms with E-state index in [4.69, 9.17) is 4.74 Å². The standard InChI is InChI=1S/C80H155NO5/c1-3-5-7-9-11-13-15-17-19-40-44-48-52-56-60-64-68-72-78(83)77(76-82)81-79(84)73-69-65-61-57-53-49-45-42-38-36-34-32-30-28-26-24-22-21-23-25-27-29-31-33-35-37-39-43-47-51-55-59-63-67-71-75-86-80(85)74-70-66-62-58-54-50-46-41-20-18-16-14-12-10-8-6-4-2/h23,25,68,72,77-78,82-83H,3-22,24,26-67,69-71,73-76H2,1-2H3,(H,81,84)/b25-23-,72-68+. The summed E-state index contributed by atoms with van der Waals surface area (Å²) in [5, 5.41) is 23.2. The van der Waals surface area contributed by atoms with Crippen LogP contribution in [0.5, 0.6) is 0 Å². The second-order valence-corrected chi connectivity index (χ2v) is 27.4. The Kier molecular flexibility index (Phi) is 74.3. The molecular formula is C80H155NO5. The quantitative estimate of drug-likeness (QED) is 0.0320. The number of nitrogens with one attached hydrogen (secondary N) is 1. The number of hydrogen-bond acceptors (Lipinski definition) is 5. The molecule has 2 unspecified atom stereocenters. The Hall–Kier alpha value is -1.66. The first-order valence-corrected chi connectivity index (χ1v) is 39.6. The lowest BCUT2D eigenvalue weighted by Gasteiger charge is -2.20. The molecule has 510 valence electrons. The number of carbonyl (C=O) groups is 2. The summed E-state index contributed by atoms with van der Waals surface area (Å²) in [5.74, 6) is -0.0357. The highest BCUT2D eigenvalue weighted by Gasteiger charge is 2.18. The van der Waals surface area contributed by atoms with Crippen molar-refractivity contribution in [1.29, 1.82) is 0 Å². The van der Waals surface area contributed by atoms with Gasteiger partial charge in [-0.3, -0.25) is 9.59 Å². The molecule has 0 rings (SSSR count). The summed E-state index contributed by atoms with van der Waals surface area (Å²) < 4.78 is 5.51. The predicted octanol–water partition coefficient (Wildman–Crippen LogP) is 26.0. The fraction of sp³-hybridized carbons (Fsp3) is 0.925. The Morgan fingerprint density at radius 1 is 0.314 bits per heavy atom. The molecule has 0 bridgehead atoms. The van der Waals surface area contributed by atoms with Gasteiger partial charge in [-0.15, -0.1) is 0 Å². The third kappa shape index (κ3) is 71.4. The highest BCUT2D eigenvalue weighted by atomic mass is 16.5. The number of hydrogen-bond donors (Lipinski definition) is 3. The van der Waals surface area contributed by atoms with Crippen LogP contribution in [0.3, 0.4) is 0 Å². The molecule has 0 aromatic heterocycles. The summed E-state index contributed by atoms with van der Waals surface area (Å²) >= 11 is 0. The fourth-order valence-electron chi connectivity index (χ4n) is 12.7. The molecule has 0 aliphatic rings. The molecule has 0 fully saturated rings. The van der Waals surface area contributed by atoms with E-state index in [1.165, 1.54) is 385 Å². The van der Waals surface area contributed by atoms with Crippen LogP contribution in [0, 0.1) is 0 Å². The van der Waals surface area contributed by atoms with Gasteiger partial charge in [-0.2, -0.15) is 0 Å². The van der Waals surface area contributed by atoms with Crippen molar-refractivity contribution >= 4 is 11.9 Å². The van der Waals surface area contributed by atoms with E-state index >= 15 is 0 Å². The molecule has 0 saturated carbocycles. The van der Waals surface area contributed by atoms with Crippen LogP contribution in [0.1, 0.15) is 450 Å². The molecule has 0 saturated heterocycles. The maximum Gasteiger partial charge on any atom is 0.305 e. The van der Waals surface area contributed by atoms with Gasteiger partial charge < -0.3 is 20.3 Å². The lowest BCUT2D eigenvalue weighted by atomic mass is 10.0. The van der Waals surface area contributed by atoms with Gasteiger partial charge in [-0.25, -0.2) is 0 Å². The van der Waals surface area contributed by atoms with Crippen molar-refractivity contribution in [1.82, 2.24) is 5.32 Å². The molecule has 1 amide bonds. The van der Waals surface area contributed by atoms with Gasteiger partial charge in [0.1, 0.15) is 0 Å². The summed E-state index contributed by atoms with van der Waals surface area (Å²) in [6.45, 7) is 4.96. The average molecular weight is 1210 g/mol. The number of allylic oxidation sites excluding steroid dienone is 3. The van der Waals surface area contributed by atoms with E-state index in [1.54, 1.807) is 6.08 Å². The number of esters is 1. The highest BCUT2D eigenvalue weighted by Crippen LogP contribution is 2.20. The Balaban J connectivity index is 3.34. The molecule has 0 aliphatic heterocycles. The van der Waals surface area contributed by atoms with Crippen LogP contribution < -0.4 is 5.32 Å². The topological polar surface area (TPSA) is 95.9 Å². The van der Waals surface area contributed by atoms with Crippen LogP contribution in [0.4, 0.5) is 0 Å². The van der Waals surface area contributed by atoms with Crippen molar-refractivity contribution in [3.63, 3.8) is 0 Å². The van der Waals surface area contributed by atoms with Crippen molar-refractivity contribution in [3.8, 4) is 0 Å². The molecule has 6 heteroatoms. The number of ether oxygens (including phenoxy) is 1. The van der Waals surface area contributed by atoms with Crippen LogP contribution in [0.25, 0.3) is 0 Å². The van der Waals surface area contributed by atoms with Crippen LogP contribution in [0.15, 0.2) is 24.3 Å². The number of unbranched alkanes of at least 4 members (excludes halogenated alkanes) is 62. The van der Waals surface area contributed by atoms with E-state index in [9.17, 15) is 19.8 Å². The first-order valence-electron chi connectivity index (χ1n) is 39.6. The van der Waals surface area contributed by atoms with E-state index in [0.29, 0.717) is 19.4 Å². The third-order valence-electron chi connectivity index (χ3n) is 18.7. The fourth-order valence-corrected chi connectivity index (χ4v) is 12.7. The summed E-state index contributed by atoms with van der Waals surface area (Å²) in [7, 11) is 0. The van der Waals surface area contributed by atoms with Crippen molar-refractivity contribution < 1.29 is 24.5 Å². The Bertz CT molecular complexity index is 1350. The molecule has 0 radical (unpaired) electrons. The minimum Gasteiger partial charge on any atom is -0.466 e. The van der Waals surface area contributed by atoms with E-state index < -0.39 is 12.1 Å². The highest BCUT2D eigenvalue weighted by molar-refractivity contribution is 5.76. The molecule has 0 aromatic carbocycles. The molecule has 3 N–H and O–H groups in total. The maximum absolute atomic E-state index is 12.5. The molecule has 0 aliphatic carbocycles. The first-order chi connectivity index (χ1) is 42.5. The second-order valence-electron chi connectivity index (χ2n) is 27.4. The molecular weight excluding hydrogens is 1050 g/mol. The van der Waals surface area contributed by atoms with Gasteiger partial charge in [0.2, 0.25) is 5.91 Å². The maximum atomic E-state index is 12.5. The second kappa shape index (κ2) is 75.8. The van der Waals surface area contributed by atoms with Gasteiger partial charge >= 0.3 is 5.97 Å². The summed E-state index contributed by atoms with van der Waals surface area (Å²) in [6, 6.07) is -0.625. The van der Waals surface area contributed by atoms with Crippen LogP contribution in [0.2, 0.25) is 0 Å². The smallest absolute Gasteiger partial charge is 0.305 e. The monoisotopic (exact) mass is 1210 g/mol. The van der Waals surface area contributed by atoms with Crippen molar-refractivity contribution in [2.24, 2.45) is 0 Å². The zero-order chi connectivity index (χ0) is 62.0. The van der Waals surface area contributed by atoms with Gasteiger partial charge in [-0.05, 0) is 57.8 Å². The molecule has 0 heterocycles. The number of carbonyl (C=O) groups excluding carboxylic acids is 2. The van der Waals surface area contributed by atoms with Crippen molar-refractivity contribution in [3.05, 3.63) is 24.3 Å². The van der Waals surface area contributed by atoms with Crippen LogP contribution in [-0.4, -0.2) is 47.4 Å². The zero-order valence-electron chi connectivity index (χ0n) is 58.6. The normalized spacial score (nSPS) is 12.6. The minimum absolute atomic E-state index is 0.0249. The predicted molar refractivity (Wildman–Crippen MR) is 380 cm³/mol. The Morgan fingerprint density at radius 3 is 0.826 bits per heavy atom. The van der Waals surface area contributed by atoms with Gasteiger partial charge in [0.05, 0.1) is 25.4 Å². The van der Waals surface area contributed by atoms with Gasteiger partial charge in [0, 0.05) is 12.8 Å². The Labute approximate surface area is 539 Å². The largest absolute Gasteiger partial charge is 0.466 e.